The first-order chi connectivity index (χ1) is 17.6. The Labute approximate surface area is 208 Å². The molecule has 0 spiro atoms. The van der Waals surface area contributed by atoms with Gasteiger partial charge in [-0.15, -0.1) is 0 Å². The van der Waals surface area contributed by atoms with Crippen molar-refractivity contribution in [2.24, 2.45) is 0 Å². The van der Waals surface area contributed by atoms with Crippen LogP contribution in [0.3, 0.4) is 0 Å². The van der Waals surface area contributed by atoms with E-state index in [1.54, 1.807) is 0 Å². The first kappa shape index (κ1) is 19.8. The van der Waals surface area contributed by atoms with E-state index < -0.39 is 0 Å². The quantitative estimate of drug-likeness (QED) is 0.247. The van der Waals surface area contributed by atoms with Gasteiger partial charge in [0.1, 0.15) is 0 Å². The number of hydrogen-bond acceptors (Lipinski definition) is 2. The van der Waals surface area contributed by atoms with Crippen LogP contribution in [0.4, 0.5) is 0 Å². The largest absolute Gasteiger partial charge is 0.278 e. The van der Waals surface area contributed by atoms with Gasteiger partial charge in [-0.2, -0.15) is 0 Å². The van der Waals surface area contributed by atoms with Crippen LogP contribution in [0.15, 0.2) is 103 Å². The van der Waals surface area contributed by atoms with Gasteiger partial charge < -0.3 is 0 Å². The summed E-state index contributed by atoms with van der Waals surface area (Å²) in [6.45, 7) is 4.67. The maximum atomic E-state index is 4.96. The van der Waals surface area contributed by atoms with Crippen molar-refractivity contribution >= 4 is 43.5 Å². The van der Waals surface area contributed by atoms with Crippen molar-refractivity contribution < 1.29 is 0 Å². The average Bonchev–Trinajstić information content (AvgIpc) is 3.34. The summed E-state index contributed by atoms with van der Waals surface area (Å²) in [6, 6.07) is 35.0. The Kier molecular flexibility index (Phi) is 3.73. The Morgan fingerprint density at radius 1 is 0.611 bits per heavy atom. The maximum Gasteiger partial charge on any atom is 0.235 e. The lowest BCUT2D eigenvalue weighted by atomic mass is 9.82. The molecule has 0 saturated carbocycles. The second kappa shape index (κ2) is 6.79. The summed E-state index contributed by atoms with van der Waals surface area (Å²) in [4.78, 5) is 9.75. The van der Waals surface area contributed by atoms with E-state index in [9.17, 15) is 0 Å². The number of hydrogen-bond donors (Lipinski definition) is 0. The SMILES string of the molecule is CC1(C)c2ccccc2-c2cc3cc4c5ccccc5n(-c5ncc6ccccc6n5)c4cc3cc21. The van der Waals surface area contributed by atoms with E-state index in [0.29, 0.717) is 5.95 Å². The van der Waals surface area contributed by atoms with E-state index in [-0.39, 0.29) is 5.41 Å². The van der Waals surface area contributed by atoms with Crippen molar-refractivity contribution in [3.05, 3.63) is 114 Å². The van der Waals surface area contributed by atoms with Crippen LogP contribution in [0.5, 0.6) is 0 Å². The minimum atomic E-state index is -0.0246. The summed E-state index contributed by atoms with van der Waals surface area (Å²) in [6.07, 6.45) is 1.92. The predicted octanol–water partition coefficient (Wildman–Crippen LogP) is 8.19. The highest BCUT2D eigenvalue weighted by Crippen LogP contribution is 2.50. The monoisotopic (exact) mass is 461 g/mol. The summed E-state index contributed by atoms with van der Waals surface area (Å²) in [7, 11) is 0. The van der Waals surface area contributed by atoms with Crippen molar-refractivity contribution in [2.45, 2.75) is 19.3 Å². The van der Waals surface area contributed by atoms with Gasteiger partial charge in [0.25, 0.3) is 0 Å². The van der Waals surface area contributed by atoms with Crippen LogP contribution >= 0.6 is 0 Å². The minimum absolute atomic E-state index is 0.0246. The van der Waals surface area contributed by atoms with Crippen LogP contribution in [0.1, 0.15) is 25.0 Å². The maximum absolute atomic E-state index is 4.96. The fourth-order valence-corrected chi connectivity index (χ4v) is 6.20. The molecule has 170 valence electrons. The molecule has 0 radical (unpaired) electrons. The van der Waals surface area contributed by atoms with Gasteiger partial charge in [-0.3, -0.25) is 4.57 Å². The molecule has 0 bridgehead atoms. The molecule has 8 rings (SSSR count). The van der Waals surface area contributed by atoms with Crippen molar-refractivity contribution in [1.82, 2.24) is 14.5 Å². The molecule has 36 heavy (non-hydrogen) atoms. The molecule has 0 amide bonds. The molecule has 0 aliphatic heterocycles. The summed E-state index contributed by atoms with van der Waals surface area (Å²) in [5.41, 5.74) is 8.67. The zero-order valence-corrected chi connectivity index (χ0v) is 20.2. The summed E-state index contributed by atoms with van der Waals surface area (Å²) in [5.74, 6) is 0.702. The first-order valence-electron chi connectivity index (χ1n) is 12.4. The Balaban J connectivity index is 1.47. The van der Waals surface area contributed by atoms with Gasteiger partial charge in [-0.25, -0.2) is 9.97 Å². The molecule has 1 aliphatic rings. The van der Waals surface area contributed by atoms with E-state index in [1.165, 1.54) is 43.8 Å². The number of rotatable bonds is 1. The standard InChI is InChI=1S/C33H23N3/c1-33(2)27-12-6-4-10-23(27)25-15-21-16-26-24-11-5-8-14-30(24)36(31(26)18-22(21)17-28(25)33)32-34-19-20-9-3-7-13-29(20)35-32/h3-19H,1-2H3. The van der Waals surface area contributed by atoms with Crippen molar-refractivity contribution in [3.63, 3.8) is 0 Å². The number of benzene rings is 5. The highest BCUT2D eigenvalue weighted by Gasteiger charge is 2.35. The molecule has 3 nitrogen and oxygen atoms in total. The molecule has 2 heterocycles. The molecule has 3 heteroatoms. The topological polar surface area (TPSA) is 30.7 Å². The first-order valence-corrected chi connectivity index (χ1v) is 12.4. The molecule has 0 N–H and O–H groups in total. The number of fused-ring (bicyclic) bond motifs is 8. The smallest absolute Gasteiger partial charge is 0.235 e. The summed E-state index contributed by atoms with van der Waals surface area (Å²) < 4.78 is 2.21. The summed E-state index contributed by atoms with van der Waals surface area (Å²) >= 11 is 0. The highest BCUT2D eigenvalue weighted by atomic mass is 15.2. The molecule has 0 saturated heterocycles. The average molecular weight is 462 g/mol. The van der Waals surface area contributed by atoms with Crippen LogP contribution in [0.25, 0.3) is 60.6 Å². The zero-order valence-electron chi connectivity index (χ0n) is 20.2. The lowest BCUT2D eigenvalue weighted by molar-refractivity contribution is 0.661. The minimum Gasteiger partial charge on any atom is -0.278 e. The Bertz CT molecular complexity index is 2030. The van der Waals surface area contributed by atoms with Gasteiger partial charge >= 0.3 is 0 Å². The third kappa shape index (κ3) is 2.52. The van der Waals surface area contributed by atoms with Crippen LogP contribution in [0, 0.1) is 0 Å². The van der Waals surface area contributed by atoms with E-state index in [2.05, 4.69) is 97.3 Å². The number of aromatic nitrogens is 3. The lowest BCUT2D eigenvalue weighted by Gasteiger charge is -2.21. The summed E-state index contributed by atoms with van der Waals surface area (Å²) in [5, 5.41) is 5.99. The van der Waals surface area contributed by atoms with Crippen molar-refractivity contribution in [1.29, 1.82) is 0 Å². The van der Waals surface area contributed by atoms with Gasteiger partial charge in [0.15, 0.2) is 0 Å². The van der Waals surface area contributed by atoms with E-state index in [0.717, 1.165) is 21.9 Å². The third-order valence-electron chi connectivity index (χ3n) is 8.01. The fourth-order valence-electron chi connectivity index (χ4n) is 6.20. The van der Waals surface area contributed by atoms with Crippen molar-refractivity contribution in [3.8, 4) is 17.1 Å². The predicted molar refractivity (Wildman–Crippen MR) is 149 cm³/mol. The Morgan fingerprint density at radius 2 is 1.39 bits per heavy atom. The zero-order chi connectivity index (χ0) is 24.0. The molecule has 1 aliphatic carbocycles. The van der Waals surface area contributed by atoms with Gasteiger partial charge in [0.05, 0.1) is 16.6 Å². The third-order valence-corrected chi connectivity index (χ3v) is 8.01. The lowest BCUT2D eigenvalue weighted by Crippen LogP contribution is -2.14. The van der Waals surface area contributed by atoms with Crippen molar-refractivity contribution in [2.75, 3.05) is 0 Å². The van der Waals surface area contributed by atoms with E-state index >= 15 is 0 Å². The highest BCUT2D eigenvalue weighted by molar-refractivity contribution is 6.14. The van der Waals surface area contributed by atoms with E-state index in [1.807, 2.05) is 24.4 Å². The second-order valence-corrected chi connectivity index (χ2v) is 10.4. The molecule has 0 atom stereocenters. The fraction of sp³-hybridized carbons (Fsp3) is 0.0909. The molecule has 0 fully saturated rings. The van der Waals surface area contributed by atoms with Crippen LogP contribution in [-0.2, 0) is 5.41 Å². The molecule has 0 unspecified atom stereocenters. The molecule has 2 aromatic heterocycles. The van der Waals surface area contributed by atoms with Gasteiger partial charge in [-0.05, 0) is 69.4 Å². The van der Waals surface area contributed by atoms with Gasteiger partial charge in [0, 0.05) is 27.8 Å². The van der Waals surface area contributed by atoms with Crippen LogP contribution in [0.2, 0.25) is 0 Å². The number of para-hydroxylation sites is 2. The van der Waals surface area contributed by atoms with Crippen LogP contribution < -0.4 is 0 Å². The molecule has 5 aromatic carbocycles. The van der Waals surface area contributed by atoms with E-state index in [4.69, 9.17) is 9.97 Å². The van der Waals surface area contributed by atoms with Crippen LogP contribution in [-0.4, -0.2) is 14.5 Å². The molecule has 7 aromatic rings. The number of nitrogens with zero attached hydrogens (tertiary/aromatic N) is 3. The Morgan fingerprint density at radius 3 is 2.33 bits per heavy atom. The normalized spacial score (nSPS) is 14.1. The van der Waals surface area contributed by atoms with Gasteiger partial charge in [-0.1, -0.05) is 74.5 Å². The molecular formula is C33H23N3. The Hall–Kier alpha value is -4.50. The molecular weight excluding hydrogens is 438 g/mol. The second-order valence-electron chi connectivity index (χ2n) is 10.4. The van der Waals surface area contributed by atoms with Gasteiger partial charge in [0.2, 0.25) is 5.95 Å².